The van der Waals surface area contributed by atoms with Gasteiger partial charge < -0.3 is 15.1 Å². The molecule has 148 valence electrons. The Kier molecular flexibility index (Phi) is 6.60. The molecule has 3 rings (SSSR count). The summed E-state index contributed by atoms with van der Waals surface area (Å²) in [7, 11) is 0. The summed E-state index contributed by atoms with van der Waals surface area (Å²) in [5, 5.41) is 2.95. The van der Waals surface area contributed by atoms with Crippen LogP contribution in [0.1, 0.15) is 78.1 Å². The molecule has 2 heterocycles. The molecule has 0 bridgehead atoms. The molecule has 0 radical (unpaired) electrons. The highest BCUT2D eigenvalue weighted by atomic mass is 16.2. The predicted molar refractivity (Wildman–Crippen MR) is 104 cm³/mol. The number of hydrogen-bond donors (Lipinski definition) is 1. The van der Waals surface area contributed by atoms with Gasteiger partial charge in [-0.15, -0.1) is 0 Å². The average Bonchev–Trinajstić information content (AvgIpc) is 2.78. The van der Waals surface area contributed by atoms with Gasteiger partial charge in [0, 0.05) is 31.1 Å². The highest BCUT2D eigenvalue weighted by Gasteiger charge is 2.46. The Bertz CT molecular complexity index is 501. The van der Waals surface area contributed by atoms with Crippen LogP contribution in [0.15, 0.2) is 0 Å². The standard InChI is InChI=1S/C21H37N3O2/c1-17(2)22-19(25)16-24-20(26)9-11-21(24)10-6-13-23(14-12-21)15-18-7-4-3-5-8-18/h17-18H,3-16H2,1-2H3,(H,22,25)/t21-/m1/s1. The number of carbonyl (C=O) groups excluding carboxylic acids is 2. The van der Waals surface area contributed by atoms with E-state index >= 15 is 0 Å². The van der Waals surface area contributed by atoms with E-state index in [9.17, 15) is 9.59 Å². The molecule has 0 aromatic carbocycles. The molecule has 5 heteroatoms. The molecule has 1 N–H and O–H groups in total. The van der Waals surface area contributed by atoms with Crippen LogP contribution in [0.2, 0.25) is 0 Å². The third kappa shape index (κ3) is 4.79. The van der Waals surface area contributed by atoms with Crippen molar-refractivity contribution in [3.8, 4) is 0 Å². The Morgan fingerprint density at radius 1 is 1.12 bits per heavy atom. The van der Waals surface area contributed by atoms with Crippen LogP contribution in [-0.2, 0) is 9.59 Å². The Morgan fingerprint density at radius 2 is 1.88 bits per heavy atom. The molecule has 2 saturated heterocycles. The van der Waals surface area contributed by atoms with E-state index in [-0.39, 0.29) is 29.9 Å². The fraction of sp³-hybridized carbons (Fsp3) is 0.905. The fourth-order valence-electron chi connectivity index (χ4n) is 5.31. The average molecular weight is 364 g/mol. The summed E-state index contributed by atoms with van der Waals surface area (Å²) < 4.78 is 0. The van der Waals surface area contributed by atoms with E-state index in [1.807, 2.05) is 18.7 Å². The molecular formula is C21H37N3O2. The van der Waals surface area contributed by atoms with Gasteiger partial charge in [-0.3, -0.25) is 9.59 Å². The van der Waals surface area contributed by atoms with Gasteiger partial charge in [0.2, 0.25) is 11.8 Å². The van der Waals surface area contributed by atoms with Crippen molar-refractivity contribution in [2.24, 2.45) is 5.92 Å². The molecule has 2 amide bonds. The second kappa shape index (κ2) is 8.73. The maximum Gasteiger partial charge on any atom is 0.239 e. The van der Waals surface area contributed by atoms with Gasteiger partial charge >= 0.3 is 0 Å². The zero-order valence-corrected chi connectivity index (χ0v) is 16.8. The summed E-state index contributed by atoms with van der Waals surface area (Å²) in [6, 6.07) is 0.122. The van der Waals surface area contributed by atoms with E-state index in [1.165, 1.54) is 38.6 Å². The van der Waals surface area contributed by atoms with Crippen LogP contribution in [0.5, 0.6) is 0 Å². The minimum atomic E-state index is -0.0767. The van der Waals surface area contributed by atoms with Crippen LogP contribution in [-0.4, -0.2) is 59.4 Å². The van der Waals surface area contributed by atoms with E-state index < -0.39 is 0 Å². The molecule has 2 aliphatic heterocycles. The summed E-state index contributed by atoms with van der Waals surface area (Å²) in [4.78, 5) is 29.4. The van der Waals surface area contributed by atoms with Crippen LogP contribution >= 0.6 is 0 Å². The summed E-state index contributed by atoms with van der Waals surface area (Å²) in [6.45, 7) is 7.63. The van der Waals surface area contributed by atoms with Gasteiger partial charge in [-0.05, 0) is 64.8 Å². The first kappa shape index (κ1) is 19.7. The molecule has 0 aromatic heterocycles. The lowest BCUT2D eigenvalue weighted by molar-refractivity contribution is -0.137. The number of nitrogens with zero attached hydrogens (tertiary/aromatic N) is 2. The monoisotopic (exact) mass is 363 g/mol. The Morgan fingerprint density at radius 3 is 2.62 bits per heavy atom. The van der Waals surface area contributed by atoms with Gasteiger partial charge in [-0.2, -0.15) is 0 Å². The Labute approximate surface area is 158 Å². The topological polar surface area (TPSA) is 52.7 Å². The quantitative estimate of drug-likeness (QED) is 0.817. The van der Waals surface area contributed by atoms with E-state index in [0.29, 0.717) is 6.42 Å². The van der Waals surface area contributed by atoms with Crippen molar-refractivity contribution in [1.29, 1.82) is 0 Å². The van der Waals surface area contributed by atoms with Crippen molar-refractivity contribution in [2.45, 2.75) is 89.6 Å². The second-order valence-corrected chi connectivity index (χ2v) is 9.08. The van der Waals surface area contributed by atoms with E-state index in [2.05, 4.69) is 10.2 Å². The molecule has 5 nitrogen and oxygen atoms in total. The molecule has 0 aromatic rings. The smallest absolute Gasteiger partial charge is 0.239 e. The van der Waals surface area contributed by atoms with Crippen molar-refractivity contribution < 1.29 is 9.59 Å². The molecule has 0 unspecified atom stereocenters. The summed E-state index contributed by atoms with van der Waals surface area (Å²) in [5.74, 6) is 1.03. The Hall–Kier alpha value is -1.10. The largest absolute Gasteiger partial charge is 0.352 e. The first-order valence-corrected chi connectivity index (χ1v) is 10.8. The van der Waals surface area contributed by atoms with Crippen LogP contribution in [0.3, 0.4) is 0 Å². The summed E-state index contributed by atoms with van der Waals surface area (Å²) in [5.41, 5.74) is -0.0767. The molecular weight excluding hydrogens is 326 g/mol. The molecule has 1 aliphatic carbocycles. The number of carbonyl (C=O) groups is 2. The van der Waals surface area contributed by atoms with Crippen molar-refractivity contribution in [1.82, 2.24) is 15.1 Å². The van der Waals surface area contributed by atoms with E-state index in [0.717, 1.165) is 44.7 Å². The normalized spacial score (nSPS) is 28.7. The maximum absolute atomic E-state index is 12.5. The second-order valence-electron chi connectivity index (χ2n) is 9.08. The molecule has 3 aliphatic rings. The zero-order chi connectivity index (χ0) is 18.6. The predicted octanol–water partition coefficient (Wildman–Crippen LogP) is 2.94. The first-order chi connectivity index (χ1) is 12.5. The maximum atomic E-state index is 12.5. The number of amides is 2. The minimum absolute atomic E-state index is 0.0158. The van der Waals surface area contributed by atoms with E-state index in [4.69, 9.17) is 0 Å². The third-order valence-corrected chi connectivity index (χ3v) is 6.68. The van der Waals surface area contributed by atoms with E-state index in [1.54, 1.807) is 0 Å². The zero-order valence-electron chi connectivity index (χ0n) is 16.8. The van der Waals surface area contributed by atoms with Crippen molar-refractivity contribution in [3.63, 3.8) is 0 Å². The van der Waals surface area contributed by atoms with Gasteiger partial charge in [-0.25, -0.2) is 0 Å². The first-order valence-electron chi connectivity index (χ1n) is 10.8. The molecule has 26 heavy (non-hydrogen) atoms. The van der Waals surface area contributed by atoms with Crippen LogP contribution in [0, 0.1) is 5.92 Å². The van der Waals surface area contributed by atoms with Crippen LogP contribution < -0.4 is 5.32 Å². The summed E-state index contributed by atoms with van der Waals surface area (Å²) >= 11 is 0. The molecule has 1 spiro atoms. The van der Waals surface area contributed by atoms with Crippen molar-refractivity contribution >= 4 is 11.8 Å². The SMILES string of the molecule is CC(C)NC(=O)CN1C(=O)CC[C@@]12CCCN(CC1CCCCC1)CC2. The minimum Gasteiger partial charge on any atom is -0.352 e. The highest BCUT2D eigenvalue weighted by molar-refractivity contribution is 5.87. The third-order valence-electron chi connectivity index (χ3n) is 6.68. The fourth-order valence-corrected chi connectivity index (χ4v) is 5.31. The van der Waals surface area contributed by atoms with Gasteiger partial charge in [0.15, 0.2) is 0 Å². The summed E-state index contributed by atoms with van der Waals surface area (Å²) in [6.07, 6.45) is 11.7. The number of rotatable bonds is 5. The van der Waals surface area contributed by atoms with Crippen molar-refractivity contribution in [3.05, 3.63) is 0 Å². The van der Waals surface area contributed by atoms with Gasteiger partial charge in [-0.1, -0.05) is 19.3 Å². The van der Waals surface area contributed by atoms with Gasteiger partial charge in [0.25, 0.3) is 0 Å². The molecule has 3 fully saturated rings. The van der Waals surface area contributed by atoms with Gasteiger partial charge in [0.1, 0.15) is 6.54 Å². The van der Waals surface area contributed by atoms with Crippen molar-refractivity contribution in [2.75, 3.05) is 26.2 Å². The lowest BCUT2D eigenvalue weighted by atomic mass is 9.87. The number of likely N-dealkylation sites (tertiary alicyclic amines) is 2. The van der Waals surface area contributed by atoms with Gasteiger partial charge in [0.05, 0.1) is 0 Å². The molecule has 1 saturated carbocycles. The highest BCUT2D eigenvalue weighted by Crippen LogP contribution is 2.39. The van der Waals surface area contributed by atoms with Crippen LogP contribution in [0.25, 0.3) is 0 Å². The number of nitrogens with one attached hydrogen (secondary N) is 1. The van der Waals surface area contributed by atoms with Crippen LogP contribution in [0.4, 0.5) is 0 Å². The number of hydrogen-bond acceptors (Lipinski definition) is 3. The Balaban J connectivity index is 1.59. The lowest BCUT2D eigenvalue weighted by Gasteiger charge is -2.38. The lowest BCUT2D eigenvalue weighted by Crippen LogP contribution is -2.51. The molecule has 1 atom stereocenters.